The van der Waals surface area contributed by atoms with E-state index in [9.17, 15) is 9.59 Å². The number of aromatic nitrogens is 3. The van der Waals surface area contributed by atoms with Crippen LogP contribution in [0.4, 0.5) is 0 Å². The van der Waals surface area contributed by atoms with E-state index in [1.54, 1.807) is 18.5 Å². The average molecular weight is 381 g/mol. The van der Waals surface area contributed by atoms with E-state index in [2.05, 4.69) is 26.2 Å². The first-order valence-corrected chi connectivity index (χ1v) is 7.82. The summed E-state index contributed by atoms with van der Waals surface area (Å²) < 4.78 is 7.32. The van der Waals surface area contributed by atoms with Gasteiger partial charge in [-0.3, -0.25) is 9.59 Å². The molecule has 0 bridgehead atoms. The largest absolute Gasteiger partial charge is 0.465 e. The van der Waals surface area contributed by atoms with Crippen LogP contribution in [0, 0.1) is 6.92 Å². The van der Waals surface area contributed by atoms with Crippen LogP contribution in [0.15, 0.2) is 28.7 Å². The minimum absolute atomic E-state index is 0.129. The van der Waals surface area contributed by atoms with Gasteiger partial charge in [-0.1, -0.05) is 27.2 Å². The quantitative estimate of drug-likeness (QED) is 0.741. The molecule has 0 atom stereocenters. The zero-order chi connectivity index (χ0) is 17.0. The SMILES string of the molecule is CCOC(=O)CN(C)C(=O)c1nnn(-c2cccc(Br)c2)c1C. The Kier molecular flexibility index (Phi) is 5.49. The molecule has 0 spiro atoms. The van der Waals surface area contributed by atoms with Gasteiger partial charge in [-0.15, -0.1) is 5.10 Å². The molecule has 2 aromatic rings. The maximum absolute atomic E-state index is 12.4. The molecule has 0 saturated heterocycles. The van der Waals surface area contributed by atoms with Gasteiger partial charge in [-0.05, 0) is 32.0 Å². The maximum Gasteiger partial charge on any atom is 0.325 e. The van der Waals surface area contributed by atoms with Crippen LogP contribution < -0.4 is 0 Å². The van der Waals surface area contributed by atoms with Crippen molar-refractivity contribution in [2.24, 2.45) is 0 Å². The molecule has 1 aromatic heterocycles. The average Bonchev–Trinajstić information content (AvgIpc) is 2.88. The van der Waals surface area contributed by atoms with Gasteiger partial charge in [0, 0.05) is 11.5 Å². The molecule has 23 heavy (non-hydrogen) atoms. The number of hydrogen-bond acceptors (Lipinski definition) is 5. The molecular formula is C15H17BrN4O3. The highest BCUT2D eigenvalue weighted by Crippen LogP contribution is 2.17. The van der Waals surface area contributed by atoms with Gasteiger partial charge >= 0.3 is 5.97 Å². The zero-order valence-electron chi connectivity index (χ0n) is 13.1. The maximum atomic E-state index is 12.4. The van der Waals surface area contributed by atoms with Crippen molar-refractivity contribution in [3.63, 3.8) is 0 Å². The molecule has 0 saturated carbocycles. The summed E-state index contributed by atoms with van der Waals surface area (Å²) >= 11 is 3.40. The number of nitrogens with zero attached hydrogens (tertiary/aromatic N) is 4. The van der Waals surface area contributed by atoms with E-state index >= 15 is 0 Å². The fourth-order valence-electron chi connectivity index (χ4n) is 2.03. The van der Waals surface area contributed by atoms with Gasteiger partial charge < -0.3 is 9.64 Å². The third-order valence-electron chi connectivity index (χ3n) is 3.17. The molecule has 0 aliphatic carbocycles. The summed E-state index contributed by atoms with van der Waals surface area (Å²) in [5.41, 5.74) is 1.59. The Bertz CT molecular complexity index is 729. The Labute approximate surface area is 142 Å². The molecule has 7 nitrogen and oxygen atoms in total. The summed E-state index contributed by atoms with van der Waals surface area (Å²) in [4.78, 5) is 25.1. The van der Waals surface area contributed by atoms with Crippen LogP contribution in [0.3, 0.4) is 0 Å². The van der Waals surface area contributed by atoms with E-state index in [0.29, 0.717) is 5.69 Å². The summed E-state index contributed by atoms with van der Waals surface area (Å²) in [5.74, 6) is -0.836. The molecular weight excluding hydrogens is 364 g/mol. The Morgan fingerprint density at radius 3 is 2.78 bits per heavy atom. The van der Waals surface area contributed by atoms with Gasteiger partial charge in [-0.2, -0.15) is 0 Å². The van der Waals surface area contributed by atoms with Crippen LogP contribution in [0.1, 0.15) is 23.1 Å². The first-order chi connectivity index (χ1) is 10.9. The fraction of sp³-hybridized carbons (Fsp3) is 0.333. The van der Waals surface area contributed by atoms with Crippen LogP contribution in [0.5, 0.6) is 0 Å². The molecule has 0 unspecified atom stereocenters. The van der Waals surface area contributed by atoms with Crippen LogP contribution in [0.25, 0.3) is 5.69 Å². The summed E-state index contributed by atoms with van der Waals surface area (Å²) in [5, 5.41) is 7.98. The van der Waals surface area contributed by atoms with E-state index in [-0.39, 0.29) is 24.8 Å². The van der Waals surface area contributed by atoms with Gasteiger partial charge in [0.2, 0.25) is 0 Å². The second-order valence-corrected chi connectivity index (χ2v) is 5.80. The third kappa shape index (κ3) is 3.95. The number of rotatable bonds is 5. The molecule has 0 aliphatic heterocycles. The normalized spacial score (nSPS) is 10.4. The Hall–Kier alpha value is -2.22. The summed E-state index contributed by atoms with van der Waals surface area (Å²) in [7, 11) is 1.52. The monoisotopic (exact) mass is 380 g/mol. The predicted octanol–water partition coefficient (Wildman–Crippen LogP) is 1.97. The summed E-state index contributed by atoms with van der Waals surface area (Å²) in [6.45, 7) is 3.62. The van der Waals surface area contributed by atoms with Crippen LogP contribution in [0.2, 0.25) is 0 Å². The molecule has 1 aromatic carbocycles. The first-order valence-electron chi connectivity index (χ1n) is 7.03. The van der Waals surface area contributed by atoms with Crippen molar-refractivity contribution in [2.75, 3.05) is 20.2 Å². The van der Waals surface area contributed by atoms with Gasteiger partial charge in [0.25, 0.3) is 5.91 Å². The van der Waals surface area contributed by atoms with Crippen LogP contribution >= 0.6 is 15.9 Å². The molecule has 1 amide bonds. The fourth-order valence-corrected chi connectivity index (χ4v) is 2.42. The van der Waals surface area contributed by atoms with Crippen molar-refractivity contribution >= 4 is 27.8 Å². The Morgan fingerprint density at radius 2 is 2.13 bits per heavy atom. The highest BCUT2D eigenvalue weighted by Gasteiger charge is 2.22. The van der Waals surface area contributed by atoms with Gasteiger partial charge in [-0.25, -0.2) is 4.68 Å². The molecule has 0 aliphatic rings. The predicted molar refractivity (Wildman–Crippen MR) is 87.4 cm³/mol. The van der Waals surface area contributed by atoms with Crippen molar-refractivity contribution in [1.29, 1.82) is 0 Å². The molecule has 2 rings (SSSR count). The first kappa shape index (κ1) is 17.1. The molecule has 1 heterocycles. The number of benzene rings is 1. The highest BCUT2D eigenvalue weighted by molar-refractivity contribution is 9.10. The topological polar surface area (TPSA) is 77.3 Å². The van der Waals surface area contributed by atoms with E-state index in [1.165, 1.54) is 11.9 Å². The van der Waals surface area contributed by atoms with E-state index < -0.39 is 5.97 Å². The van der Waals surface area contributed by atoms with Crippen LogP contribution in [-0.4, -0.2) is 52.0 Å². The number of halogens is 1. The number of esters is 1. The lowest BCUT2D eigenvalue weighted by atomic mass is 10.2. The molecule has 0 N–H and O–H groups in total. The van der Waals surface area contributed by atoms with Crippen LogP contribution in [-0.2, 0) is 9.53 Å². The molecule has 0 fully saturated rings. The number of amides is 1. The van der Waals surface area contributed by atoms with Crippen molar-refractivity contribution in [1.82, 2.24) is 19.9 Å². The third-order valence-corrected chi connectivity index (χ3v) is 3.66. The standard InChI is InChI=1S/C15H17BrN4O3/c1-4-23-13(21)9-19(3)15(22)14-10(2)20(18-17-14)12-7-5-6-11(16)8-12/h5-8H,4,9H2,1-3H3. The second-order valence-electron chi connectivity index (χ2n) is 4.88. The molecule has 122 valence electrons. The van der Waals surface area contributed by atoms with Crippen molar-refractivity contribution in [2.45, 2.75) is 13.8 Å². The van der Waals surface area contributed by atoms with Crippen molar-refractivity contribution in [3.05, 3.63) is 40.1 Å². The molecule has 8 heteroatoms. The van der Waals surface area contributed by atoms with E-state index in [4.69, 9.17) is 4.74 Å². The number of hydrogen-bond donors (Lipinski definition) is 0. The minimum Gasteiger partial charge on any atom is -0.465 e. The number of carbonyl (C=O) groups excluding carboxylic acids is 2. The van der Waals surface area contributed by atoms with E-state index in [1.807, 2.05) is 24.3 Å². The van der Waals surface area contributed by atoms with E-state index in [0.717, 1.165) is 10.2 Å². The zero-order valence-corrected chi connectivity index (χ0v) is 14.7. The van der Waals surface area contributed by atoms with Gasteiger partial charge in [0.15, 0.2) is 5.69 Å². The summed E-state index contributed by atoms with van der Waals surface area (Å²) in [6, 6.07) is 7.51. The Morgan fingerprint density at radius 1 is 1.39 bits per heavy atom. The van der Waals surface area contributed by atoms with Crippen molar-refractivity contribution in [3.8, 4) is 5.69 Å². The minimum atomic E-state index is -0.458. The van der Waals surface area contributed by atoms with Gasteiger partial charge in [0.1, 0.15) is 6.54 Å². The smallest absolute Gasteiger partial charge is 0.325 e. The summed E-state index contributed by atoms with van der Waals surface area (Å²) in [6.07, 6.45) is 0. The number of likely N-dealkylation sites (N-methyl/N-ethyl adjacent to an activating group) is 1. The lowest BCUT2D eigenvalue weighted by Crippen LogP contribution is -2.33. The lowest BCUT2D eigenvalue weighted by Gasteiger charge is -2.14. The lowest BCUT2D eigenvalue weighted by molar-refractivity contribution is -0.143. The van der Waals surface area contributed by atoms with Gasteiger partial charge in [0.05, 0.1) is 18.0 Å². The second kappa shape index (κ2) is 7.36. The highest BCUT2D eigenvalue weighted by atomic mass is 79.9. The number of carbonyl (C=O) groups is 2. The van der Waals surface area contributed by atoms with Crippen molar-refractivity contribution < 1.29 is 14.3 Å². The molecule has 0 radical (unpaired) electrons. The number of ether oxygens (including phenoxy) is 1. The Balaban J connectivity index is 2.21.